The molecule has 1 fully saturated rings. The first kappa shape index (κ1) is 14.3. The Balaban J connectivity index is 1.63. The van der Waals surface area contributed by atoms with Crippen LogP contribution in [0, 0.1) is 12.8 Å². The maximum absolute atomic E-state index is 9.85. The Bertz CT molecular complexity index is 404. The van der Waals surface area contributed by atoms with Crippen LogP contribution in [0.4, 0.5) is 0 Å². The number of benzene rings is 1. The molecular weight excluding hydrogens is 242 g/mol. The second-order valence-corrected chi connectivity index (χ2v) is 5.35. The molecule has 1 atom stereocenters. The Labute approximate surface area is 114 Å². The molecule has 1 saturated carbocycles. The van der Waals surface area contributed by atoms with Crippen molar-refractivity contribution >= 4 is 0 Å². The van der Waals surface area contributed by atoms with Crippen molar-refractivity contribution in [2.75, 3.05) is 19.8 Å². The van der Waals surface area contributed by atoms with Crippen LogP contribution in [0.15, 0.2) is 18.2 Å². The van der Waals surface area contributed by atoms with Gasteiger partial charge in [-0.05, 0) is 31.2 Å². The number of aromatic hydroxyl groups is 1. The van der Waals surface area contributed by atoms with Crippen LogP contribution in [0.5, 0.6) is 5.75 Å². The lowest BCUT2D eigenvalue weighted by Gasteiger charge is -2.13. The summed E-state index contributed by atoms with van der Waals surface area (Å²) >= 11 is 0. The number of hydrogen-bond donors (Lipinski definition) is 3. The average Bonchev–Trinajstić information content (AvgIpc) is 3.19. The number of nitrogens with one attached hydrogen (secondary N) is 1. The number of hydrogen-bond acceptors (Lipinski definition) is 4. The number of phenolic OH excluding ortho intramolecular Hbond substituents is 1. The number of para-hydroxylation sites is 1. The molecule has 106 valence electrons. The normalized spacial score (nSPS) is 16.5. The Kier molecular flexibility index (Phi) is 5.19. The summed E-state index contributed by atoms with van der Waals surface area (Å²) in [5, 5.41) is 22.7. The molecule has 4 heteroatoms. The van der Waals surface area contributed by atoms with Gasteiger partial charge in [-0.15, -0.1) is 0 Å². The van der Waals surface area contributed by atoms with Crippen LogP contribution in [0.1, 0.15) is 24.0 Å². The van der Waals surface area contributed by atoms with E-state index >= 15 is 0 Å². The molecule has 0 aliphatic heterocycles. The van der Waals surface area contributed by atoms with Gasteiger partial charge in [0.25, 0.3) is 0 Å². The van der Waals surface area contributed by atoms with Gasteiger partial charge < -0.3 is 20.3 Å². The molecule has 1 aliphatic carbocycles. The van der Waals surface area contributed by atoms with Gasteiger partial charge in [0, 0.05) is 25.3 Å². The average molecular weight is 265 g/mol. The van der Waals surface area contributed by atoms with E-state index in [0.29, 0.717) is 25.4 Å². The van der Waals surface area contributed by atoms with Gasteiger partial charge in [-0.25, -0.2) is 0 Å². The summed E-state index contributed by atoms with van der Waals surface area (Å²) in [6.45, 7) is 4.05. The van der Waals surface area contributed by atoms with Crippen LogP contribution in [0.25, 0.3) is 0 Å². The van der Waals surface area contributed by atoms with Crippen LogP contribution in [-0.2, 0) is 11.3 Å². The van der Waals surface area contributed by atoms with E-state index in [0.717, 1.165) is 23.7 Å². The quantitative estimate of drug-likeness (QED) is 0.668. The lowest BCUT2D eigenvalue weighted by molar-refractivity contribution is 0.0324. The van der Waals surface area contributed by atoms with Gasteiger partial charge in [0.05, 0.1) is 12.7 Å². The molecule has 19 heavy (non-hydrogen) atoms. The first-order valence-corrected chi connectivity index (χ1v) is 6.91. The molecule has 0 aromatic heterocycles. The van der Waals surface area contributed by atoms with Gasteiger partial charge in [-0.3, -0.25) is 0 Å². The SMILES string of the molecule is Cc1cccc(CNCC(O)COCC2CC2)c1O. The van der Waals surface area contributed by atoms with E-state index in [-0.39, 0.29) is 0 Å². The zero-order valence-corrected chi connectivity index (χ0v) is 11.4. The molecule has 3 N–H and O–H groups in total. The molecule has 2 rings (SSSR count). The zero-order valence-electron chi connectivity index (χ0n) is 11.4. The highest BCUT2D eigenvalue weighted by Gasteiger charge is 2.21. The largest absolute Gasteiger partial charge is 0.507 e. The Hall–Kier alpha value is -1.10. The minimum Gasteiger partial charge on any atom is -0.507 e. The molecular formula is C15H23NO3. The van der Waals surface area contributed by atoms with Gasteiger partial charge in [-0.1, -0.05) is 18.2 Å². The van der Waals surface area contributed by atoms with Crippen molar-refractivity contribution in [3.8, 4) is 5.75 Å². The van der Waals surface area contributed by atoms with Crippen molar-refractivity contribution in [1.82, 2.24) is 5.32 Å². The maximum Gasteiger partial charge on any atom is 0.122 e. The van der Waals surface area contributed by atoms with Gasteiger partial charge in [0.1, 0.15) is 5.75 Å². The fourth-order valence-electron chi connectivity index (χ4n) is 1.95. The molecule has 0 amide bonds. The third-order valence-electron chi connectivity index (χ3n) is 3.38. The highest BCUT2D eigenvalue weighted by Crippen LogP contribution is 2.28. The highest BCUT2D eigenvalue weighted by molar-refractivity contribution is 5.39. The molecule has 1 unspecified atom stereocenters. The maximum atomic E-state index is 9.85. The van der Waals surface area contributed by atoms with Gasteiger partial charge in [0.15, 0.2) is 0 Å². The number of rotatable bonds is 8. The summed E-state index contributed by atoms with van der Waals surface area (Å²) in [5.74, 6) is 1.05. The van der Waals surface area contributed by atoms with Crippen molar-refractivity contribution in [3.05, 3.63) is 29.3 Å². The van der Waals surface area contributed by atoms with Crippen LogP contribution in [0.2, 0.25) is 0 Å². The number of phenols is 1. The third kappa shape index (κ3) is 4.82. The lowest BCUT2D eigenvalue weighted by atomic mass is 10.1. The summed E-state index contributed by atoms with van der Waals surface area (Å²) in [4.78, 5) is 0. The molecule has 0 radical (unpaired) electrons. The van der Waals surface area contributed by atoms with Crippen molar-refractivity contribution in [2.45, 2.75) is 32.4 Å². The third-order valence-corrected chi connectivity index (χ3v) is 3.38. The van der Waals surface area contributed by atoms with E-state index < -0.39 is 6.10 Å². The van der Waals surface area contributed by atoms with E-state index in [1.54, 1.807) is 0 Å². The standard InChI is InChI=1S/C15H23NO3/c1-11-3-2-4-13(15(11)18)7-16-8-14(17)10-19-9-12-5-6-12/h2-4,12,14,16-18H,5-10H2,1H3. The van der Waals surface area contributed by atoms with E-state index in [4.69, 9.17) is 4.74 Å². The topological polar surface area (TPSA) is 61.7 Å². The smallest absolute Gasteiger partial charge is 0.122 e. The Morgan fingerprint density at radius 1 is 1.42 bits per heavy atom. The fraction of sp³-hybridized carbons (Fsp3) is 0.600. The highest BCUT2D eigenvalue weighted by atomic mass is 16.5. The van der Waals surface area contributed by atoms with Crippen molar-refractivity contribution in [1.29, 1.82) is 0 Å². The summed E-state index contributed by atoms with van der Waals surface area (Å²) in [6, 6.07) is 5.67. The number of aliphatic hydroxyl groups is 1. The minimum atomic E-state index is -0.495. The zero-order chi connectivity index (χ0) is 13.7. The predicted octanol–water partition coefficient (Wildman–Crippen LogP) is 1.58. The van der Waals surface area contributed by atoms with Gasteiger partial charge in [0.2, 0.25) is 0 Å². The van der Waals surface area contributed by atoms with E-state index in [1.807, 2.05) is 25.1 Å². The second kappa shape index (κ2) is 6.89. The fourth-order valence-corrected chi connectivity index (χ4v) is 1.95. The summed E-state index contributed by atoms with van der Waals surface area (Å²) in [6.07, 6.45) is 2.04. The van der Waals surface area contributed by atoms with Gasteiger partial charge >= 0.3 is 0 Å². The molecule has 0 spiro atoms. The first-order chi connectivity index (χ1) is 9.16. The van der Waals surface area contributed by atoms with Crippen LogP contribution in [0.3, 0.4) is 0 Å². The molecule has 4 nitrogen and oxygen atoms in total. The summed E-state index contributed by atoms with van der Waals surface area (Å²) < 4.78 is 5.43. The number of aryl methyl sites for hydroxylation is 1. The van der Waals surface area contributed by atoms with Gasteiger partial charge in [-0.2, -0.15) is 0 Å². The lowest BCUT2D eigenvalue weighted by Crippen LogP contribution is -2.30. The Morgan fingerprint density at radius 2 is 2.21 bits per heavy atom. The van der Waals surface area contributed by atoms with Crippen LogP contribution < -0.4 is 5.32 Å². The van der Waals surface area contributed by atoms with Crippen molar-refractivity contribution < 1.29 is 14.9 Å². The summed E-state index contributed by atoms with van der Waals surface area (Å²) in [7, 11) is 0. The summed E-state index contributed by atoms with van der Waals surface area (Å²) in [5.41, 5.74) is 1.72. The molecule has 1 aromatic carbocycles. The van der Waals surface area contributed by atoms with E-state index in [9.17, 15) is 10.2 Å². The molecule has 1 aromatic rings. The van der Waals surface area contributed by atoms with E-state index in [2.05, 4.69) is 5.32 Å². The molecule has 0 bridgehead atoms. The van der Waals surface area contributed by atoms with Crippen molar-refractivity contribution in [2.24, 2.45) is 5.92 Å². The molecule has 0 heterocycles. The molecule has 1 aliphatic rings. The Morgan fingerprint density at radius 3 is 2.95 bits per heavy atom. The molecule has 0 saturated heterocycles. The number of ether oxygens (including phenoxy) is 1. The van der Waals surface area contributed by atoms with E-state index in [1.165, 1.54) is 12.8 Å². The second-order valence-electron chi connectivity index (χ2n) is 5.35. The number of aliphatic hydroxyl groups excluding tert-OH is 1. The van der Waals surface area contributed by atoms with Crippen LogP contribution in [-0.4, -0.2) is 36.1 Å². The minimum absolute atomic E-state index is 0.328. The monoisotopic (exact) mass is 265 g/mol. The first-order valence-electron chi connectivity index (χ1n) is 6.91. The predicted molar refractivity (Wildman–Crippen MR) is 74.1 cm³/mol. The van der Waals surface area contributed by atoms with Crippen molar-refractivity contribution in [3.63, 3.8) is 0 Å². The van der Waals surface area contributed by atoms with Crippen LogP contribution >= 0.6 is 0 Å².